The summed E-state index contributed by atoms with van der Waals surface area (Å²) >= 11 is 0. The maximum atomic E-state index is 15.3. The third kappa shape index (κ3) is 4.01. The van der Waals surface area contributed by atoms with Crippen molar-refractivity contribution in [2.45, 2.75) is 19.4 Å². The first-order valence-electron chi connectivity index (χ1n) is 10.8. The van der Waals surface area contributed by atoms with Crippen LogP contribution in [0, 0.1) is 18.6 Å². The number of imidazole rings is 1. The molecule has 1 aliphatic heterocycles. The number of amides is 1. The summed E-state index contributed by atoms with van der Waals surface area (Å²) in [5.74, 6) is -1.53. The first-order chi connectivity index (χ1) is 16.4. The quantitative estimate of drug-likeness (QED) is 0.445. The lowest BCUT2D eigenvalue weighted by molar-refractivity contribution is -0.0241. The molecule has 1 aliphatic rings. The standard InChI is InChI=1S/C24H22F2N4O4/c1-14-3-5-30-20(12-16-13-29(6-8-33-16)24(31)32-2)23(27-21(30)9-14)22-17(25)10-15(11-18(22)26)19-4-7-34-28-19/h3-5,7,9-11,16H,6,8,12-13H2,1-2H3/t16-/m0/s1. The van der Waals surface area contributed by atoms with Crippen molar-refractivity contribution < 1.29 is 27.6 Å². The van der Waals surface area contributed by atoms with Gasteiger partial charge in [0.15, 0.2) is 0 Å². The molecular weight excluding hydrogens is 446 g/mol. The zero-order valence-corrected chi connectivity index (χ0v) is 18.6. The van der Waals surface area contributed by atoms with Gasteiger partial charge in [-0.05, 0) is 36.8 Å². The molecule has 34 heavy (non-hydrogen) atoms. The zero-order chi connectivity index (χ0) is 23.8. The molecule has 0 saturated carbocycles. The van der Waals surface area contributed by atoms with E-state index in [9.17, 15) is 4.79 Å². The minimum atomic E-state index is -0.764. The van der Waals surface area contributed by atoms with Crippen molar-refractivity contribution in [1.29, 1.82) is 0 Å². The third-order valence-electron chi connectivity index (χ3n) is 5.89. The van der Waals surface area contributed by atoms with Gasteiger partial charge in [-0.3, -0.25) is 0 Å². The topological polar surface area (TPSA) is 82.1 Å². The zero-order valence-electron chi connectivity index (χ0n) is 18.6. The molecule has 1 saturated heterocycles. The Morgan fingerprint density at radius 2 is 2.03 bits per heavy atom. The average molecular weight is 468 g/mol. The lowest BCUT2D eigenvalue weighted by Crippen LogP contribution is -2.46. The second-order valence-electron chi connectivity index (χ2n) is 8.15. The molecule has 10 heteroatoms. The van der Waals surface area contributed by atoms with Crippen LogP contribution in [0.5, 0.6) is 0 Å². The molecule has 1 fully saturated rings. The Labute approximate surface area is 193 Å². The second-order valence-corrected chi connectivity index (χ2v) is 8.15. The molecule has 1 atom stereocenters. The number of nitrogens with zero attached hydrogens (tertiary/aromatic N) is 4. The minimum absolute atomic E-state index is 0.186. The lowest BCUT2D eigenvalue weighted by atomic mass is 10.0. The van der Waals surface area contributed by atoms with Crippen LogP contribution in [0.2, 0.25) is 0 Å². The van der Waals surface area contributed by atoms with Gasteiger partial charge in [0.25, 0.3) is 0 Å². The van der Waals surface area contributed by atoms with Crippen LogP contribution in [-0.4, -0.2) is 58.4 Å². The van der Waals surface area contributed by atoms with Gasteiger partial charge in [0.2, 0.25) is 0 Å². The number of aryl methyl sites for hydroxylation is 1. The maximum absolute atomic E-state index is 15.3. The Morgan fingerprint density at radius 1 is 1.24 bits per heavy atom. The number of rotatable bonds is 4. The lowest BCUT2D eigenvalue weighted by Gasteiger charge is -2.32. The van der Waals surface area contributed by atoms with E-state index in [2.05, 4.69) is 10.1 Å². The summed E-state index contributed by atoms with van der Waals surface area (Å²) < 4.78 is 47.9. The minimum Gasteiger partial charge on any atom is -0.453 e. The van der Waals surface area contributed by atoms with Gasteiger partial charge < -0.3 is 23.3 Å². The fraction of sp³-hybridized carbons (Fsp3) is 0.292. The molecular formula is C24H22F2N4O4. The Kier molecular flexibility index (Phi) is 5.74. The highest BCUT2D eigenvalue weighted by atomic mass is 19.1. The van der Waals surface area contributed by atoms with E-state index in [1.807, 2.05) is 25.3 Å². The number of pyridine rings is 1. The number of carbonyl (C=O) groups excluding carboxylic acids is 1. The van der Waals surface area contributed by atoms with Crippen LogP contribution in [0.4, 0.5) is 13.6 Å². The van der Waals surface area contributed by atoms with Crippen molar-refractivity contribution >= 4 is 11.7 Å². The Bertz CT molecular complexity index is 1330. The number of benzene rings is 1. The van der Waals surface area contributed by atoms with Gasteiger partial charge in [0, 0.05) is 30.8 Å². The molecule has 0 spiro atoms. The summed E-state index contributed by atoms with van der Waals surface area (Å²) in [6.07, 6.45) is 2.60. The van der Waals surface area contributed by atoms with Crippen molar-refractivity contribution in [3.63, 3.8) is 0 Å². The van der Waals surface area contributed by atoms with Gasteiger partial charge in [-0.25, -0.2) is 18.6 Å². The van der Waals surface area contributed by atoms with E-state index < -0.39 is 23.8 Å². The molecule has 5 rings (SSSR count). The first kappa shape index (κ1) is 22.0. The summed E-state index contributed by atoms with van der Waals surface area (Å²) in [6.45, 7) is 2.96. The monoisotopic (exact) mass is 468 g/mol. The van der Waals surface area contributed by atoms with Crippen LogP contribution >= 0.6 is 0 Å². The fourth-order valence-electron chi connectivity index (χ4n) is 4.25. The van der Waals surface area contributed by atoms with Crippen molar-refractivity contribution in [2.75, 3.05) is 26.8 Å². The molecule has 0 N–H and O–H groups in total. The van der Waals surface area contributed by atoms with Crippen LogP contribution in [0.3, 0.4) is 0 Å². The molecule has 4 aromatic rings. The number of carbonyl (C=O) groups is 1. The molecule has 8 nitrogen and oxygen atoms in total. The van der Waals surface area contributed by atoms with Gasteiger partial charge >= 0.3 is 6.09 Å². The van der Waals surface area contributed by atoms with Gasteiger partial charge in [-0.2, -0.15) is 0 Å². The Morgan fingerprint density at radius 3 is 2.74 bits per heavy atom. The largest absolute Gasteiger partial charge is 0.453 e. The average Bonchev–Trinajstić information content (AvgIpc) is 3.47. The number of morpholine rings is 1. The SMILES string of the molecule is COC(=O)N1CCO[C@@H](Cc2c(-c3c(F)cc(-c4ccon4)cc3F)nc3cc(C)ccn23)C1. The number of hydrogen-bond acceptors (Lipinski definition) is 6. The summed E-state index contributed by atoms with van der Waals surface area (Å²) in [6, 6.07) is 7.69. The predicted octanol–water partition coefficient (Wildman–Crippen LogP) is 4.25. The van der Waals surface area contributed by atoms with Crippen LogP contribution in [0.1, 0.15) is 11.3 Å². The molecule has 3 aromatic heterocycles. The van der Waals surface area contributed by atoms with Gasteiger partial charge in [-0.15, -0.1) is 0 Å². The molecule has 0 unspecified atom stereocenters. The van der Waals surface area contributed by atoms with Crippen molar-refractivity contribution in [2.24, 2.45) is 0 Å². The van der Waals surface area contributed by atoms with Crippen molar-refractivity contribution in [3.05, 3.63) is 65.7 Å². The molecule has 4 heterocycles. The third-order valence-corrected chi connectivity index (χ3v) is 5.89. The fourth-order valence-corrected chi connectivity index (χ4v) is 4.25. The number of hydrogen-bond donors (Lipinski definition) is 0. The molecule has 1 aromatic carbocycles. The van der Waals surface area contributed by atoms with Gasteiger partial charge in [0.1, 0.15) is 29.2 Å². The predicted molar refractivity (Wildman–Crippen MR) is 118 cm³/mol. The van der Waals surface area contributed by atoms with Crippen LogP contribution in [0.15, 0.2) is 47.3 Å². The van der Waals surface area contributed by atoms with E-state index >= 15 is 8.78 Å². The smallest absolute Gasteiger partial charge is 0.409 e. The van der Waals surface area contributed by atoms with Crippen molar-refractivity contribution in [1.82, 2.24) is 19.4 Å². The van der Waals surface area contributed by atoms with E-state index in [4.69, 9.17) is 14.0 Å². The first-order valence-corrected chi connectivity index (χ1v) is 10.8. The summed E-state index contributed by atoms with van der Waals surface area (Å²) in [4.78, 5) is 18.1. The number of methoxy groups -OCH3 is 1. The maximum Gasteiger partial charge on any atom is 0.409 e. The van der Waals surface area contributed by atoms with E-state index in [-0.39, 0.29) is 23.2 Å². The molecule has 0 radical (unpaired) electrons. The summed E-state index contributed by atoms with van der Waals surface area (Å²) in [7, 11) is 1.33. The van der Waals surface area contributed by atoms with E-state index in [1.165, 1.54) is 31.6 Å². The highest BCUT2D eigenvalue weighted by molar-refractivity contribution is 5.72. The summed E-state index contributed by atoms with van der Waals surface area (Å²) in [5, 5.41) is 3.75. The van der Waals surface area contributed by atoms with Crippen molar-refractivity contribution in [3.8, 4) is 22.5 Å². The van der Waals surface area contributed by atoms with E-state index in [0.717, 1.165) is 5.56 Å². The molecule has 0 aliphatic carbocycles. The van der Waals surface area contributed by atoms with Crippen LogP contribution < -0.4 is 0 Å². The molecule has 1 amide bonds. The number of ether oxygens (including phenoxy) is 2. The van der Waals surface area contributed by atoms with E-state index in [0.29, 0.717) is 36.7 Å². The van der Waals surface area contributed by atoms with Gasteiger partial charge in [0.05, 0.1) is 43.3 Å². The van der Waals surface area contributed by atoms with Crippen LogP contribution in [-0.2, 0) is 15.9 Å². The highest BCUT2D eigenvalue weighted by Gasteiger charge is 2.29. The normalized spacial score (nSPS) is 16.2. The molecule has 0 bridgehead atoms. The van der Waals surface area contributed by atoms with E-state index in [1.54, 1.807) is 9.30 Å². The Balaban J connectivity index is 1.58. The second kappa shape index (κ2) is 8.86. The Hall–Kier alpha value is -3.79. The summed E-state index contributed by atoms with van der Waals surface area (Å²) in [5.41, 5.74) is 2.65. The van der Waals surface area contributed by atoms with Crippen LogP contribution in [0.25, 0.3) is 28.2 Å². The highest BCUT2D eigenvalue weighted by Crippen LogP contribution is 2.34. The molecule has 176 valence electrons. The van der Waals surface area contributed by atoms with Gasteiger partial charge in [-0.1, -0.05) is 5.16 Å². The number of fused-ring (bicyclic) bond motifs is 1. The number of aromatic nitrogens is 3. The number of halogens is 2.